The van der Waals surface area contributed by atoms with Crippen molar-refractivity contribution in [3.8, 4) is 0 Å². The first-order chi connectivity index (χ1) is 5.91. The highest BCUT2D eigenvalue weighted by atomic mass is 16.3. The van der Waals surface area contributed by atoms with Crippen LogP contribution < -0.4 is 0 Å². The van der Waals surface area contributed by atoms with Gasteiger partial charge >= 0.3 is 0 Å². The van der Waals surface area contributed by atoms with Crippen LogP contribution in [0.3, 0.4) is 0 Å². The monoisotopic (exact) mass is 186 g/mol. The molecule has 0 bridgehead atoms. The largest absolute Gasteiger partial charge is 0.390 e. The van der Waals surface area contributed by atoms with E-state index in [0.717, 1.165) is 18.8 Å². The average molecular weight is 186 g/mol. The Hall–Kier alpha value is -0.0800. The van der Waals surface area contributed by atoms with E-state index in [4.69, 9.17) is 0 Å². The molecule has 2 unspecified atom stereocenters. The average Bonchev–Trinajstić information content (AvgIpc) is 2.80. The minimum absolute atomic E-state index is 0.205. The third-order valence-electron chi connectivity index (χ3n) is 2.82. The molecule has 0 heterocycles. The minimum atomic E-state index is -0.591. The molecule has 1 fully saturated rings. The molecule has 1 aliphatic rings. The van der Waals surface area contributed by atoms with Crippen LogP contribution in [0, 0.1) is 11.3 Å². The SMILES string of the molecule is CC(C)(C)C(O)C(O)CCC1CC1. The Morgan fingerprint density at radius 3 is 2.15 bits per heavy atom. The third-order valence-corrected chi connectivity index (χ3v) is 2.82. The van der Waals surface area contributed by atoms with Gasteiger partial charge in [-0.15, -0.1) is 0 Å². The molecule has 2 nitrogen and oxygen atoms in total. The molecule has 0 saturated heterocycles. The van der Waals surface area contributed by atoms with E-state index < -0.39 is 12.2 Å². The van der Waals surface area contributed by atoms with Crippen LogP contribution in [0.5, 0.6) is 0 Å². The van der Waals surface area contributed by atoms with E-state index in [2.05, 4.69) is 0 Å². The van der Waals surface area contributed by atoms with E-state index in [0.29, 0.717) is 0 Å². The van der Waals surface area contributed by atoms with E-state index in [9.17, 15) is 10.2 Å². The van der Waals surface area contributed by atoms with Gasteiger partial charge in [-0.05, 0) is 24.2 Å². The van der Waals surface area contributed by atoms with Gasteiger partial charge in [0.1, 0.15) is 0 Å². The van der Waals surface area contributed by atoms with Crippen molar-refractivity contribution in [2.24, 2.45) is 11.3 Å². The lowest BCUT2D eigenvalue weighted by atomic mass is 9.84. The zero-order chi connectivity index (χ0) is 10.1. The lowest BCUT2D eigenvalue weighted by Crippen LogP contribution is -2.37. The molecule has 78 valence electrons. The fourth-order valence-electron chi connectivity index (χ4n) is 1.55. The molecule has 2 heteroatoms. The second-order valence-electron chi connectivity index (χ2n) is 5.40. The van der Waals surface area contributed by atoms with Gasteiger partial charge in [-0.25, -0.2) is 0 Å². The van der Waals surface area contributed by atoms with Gasteiger partial charge in [0.2, 0.25) is 0 Å². The molecule has 0 aromatic rings. The van der Waals surface area contributed by atoms with E-state index in [-0.39, 0.29) is 5.41 Å². The van der Waals surface area contributed by atoms with Crippen LogP contribution in [0.15, 0.2) is 0 Å². The molecular formula is C11H22O2. The summed E-state index contributed by atoms with van der Waals surface area (Å²) >= 11 is 0. The van der Waals surface area contributed by atoms with E-state index in [1.54, 1.807) is 0 Å². The Kier molecular flexibility index (Phi) is 3.36. The summed E-state index contributed by atoms with van der Waals surface area (Å²) in [5.41, 5.74) is -0.205. The molecule has 1 aliphatic carbocycles. The van der Waals surface area contributed by atoms with E-state index in [1.807, 2.05) is 20.8 Å². The quantitative estimate of drug-likeness (QED) is 0.704. The summed E-state index contributed by atoms with van der Waals surface area (Å²) in [5.74, 6) is 0.835. The van der Waals surface area contributed by atoms with Crippen LogP contribution in [0.1, 0.15) is 46.5 Å². The molecule has 0 aromatic heterocycles. The first kappa shape index (κ1) is 11.0. The fourth-order valence-corrected chi connectivity index (χ4v) is 1.55. The first-order valence-corrected chi connectivity index (χ1v) is 5.27. The smallest absolute Gasteiger partial charge is 0.0847 e. The highest BCUT2D eigenvalue weighted by Gasteiger charge is 2.30. The molecule has 0 spiro atoms. The van der Waals surface area contributed by atoms with Crippen LogP contribution in [0.25, 0.3) is 0 Å². The van der Waals surface area contributed by atoms with Crippen LogP contribution in [0.4, 0.5) is 0 Å². The zero-order valence-corrected chi connectivity index (χ0v) is 8.95. The molecule has 0 amide bonds. The lowest BCUT2D eigenvalue weighted by Gasteiger charge is -2.29. The summed E-state index contributed by atoms with van der Waals surface area (Å²) in [6.07, 6.45) is 3.33. The standard InChI is InChI=1S/C11H22O2/c1-11(2,3)10(13)9(12)7-6-8-4-5-8/h8-10,12-13H,4-7H2,1-3H3. The summed E-state index contributed by atoms with van der Waals surface area (Å²) in [7, 11) is 0. The van der Waals surface area contributed by atoms with Crippen molar-refractivity contribution in [2.75, 3.05) is 0 Å². The van der Waals surface area contributed by atoms with Crippen molar-refractivity contribution in [3.05, 3.63) is 0 Å². The number of hydrogen-bond acceptors (Lipinski definition) is 2. The second kappa shape index (κ2) is 3.97. The second-order valence-corrected chi connectivity index (χ2v) is 5.40. The molecule has 1 rings (SSSR count). The third kappa shape index (κ3) is 3.65. The lowest BCUT2D eigenvalue weighted by molar-refractivity contribution is -0.0484. The Labute approximate surface area is 81.0 Å². The molecular weight excluding hydrogens is 164 g/mol. The first-order valence-electron chi connectivity index (χ1n) is 5.27. The minimum Gasteiger partial charge on any atom is -0.390 e. The zero-order valence-electron chi connectivity index (χ0n) is 8.95. The molecule has 2 atom stereocenters. The summed E-state index contributed by atoms with van der Waals surface area (Å²) < 4.78 is 0. The van der Waals surface area contributed by atoms with Crippen LogP contribution in [-0.4, -0.2) is 22.4 Å². The fraction of sp³-hybridized carbons (Fsp3) is 1.00. The van der Waals surface area contributed by atoms with Gasteiger partial charge in [0.25, 0.3) is 0 Å². The number of hydrogen-bond donors (Lipinski definition) is 2. The van der Waals surface area contributed by atoms with Crippen molar-refractivity contribution in [1.82, 2.24) is 0 Å². The van der Waals surface area contributed by atoms with E-state index >= 15 is 0 Å². The topological polar surface area (TPSA) is 40.5 Å². The van der Waals surface area contributed by atoms with Crippen molar-refractivity contribution < 1.29 is 10.2 Å². The molecule has 0 aromatic carbocycles. The van der Waals surface area contributed by atoms with Crippen LogP contribution in [0.2, 0.25) is 0 Å². The molecule has 2 N–H and O–H groups in total. The Morgan fingerprint density at radius 2 is 1.77 bits per heavy atom. The highest BCUT2D eigenvalue weighted by Crippen LogP contribution is 2.35. The maximum atomic E-state index is 9.74. The number of aliphatic hydroxyl groups excluding tert-OH is 2. The molecule has 1 saturated carbocycles. The van der Waals surface area contributed by atoms with Gasteiger partial charge in [0.15, 0.2) is 0 Å². The van der Waals surface area contributed by atoms with Crippen molar-refractivity contribution in [3.63, 3.8) is 0 Å². The van der Waals surface area contributed by atoms with Crippen molar-refractivity contribution >= 4 is 0 Å². The van der Waals surface area contributed by atoms with Gasteiger partial charge < -0.3 is 10.2 Å². The van der Waals surface area contributed by atoms with Gasteiger partial charge in [-0.1, -0.05) is 33.6 Å². The van der Waals surface area contributed by atoms with Gasteiger partial charge in [-0.3, -0.25) is 0 Å². The molecule has 13 heavy (non-hydrogen) atoms. The molecule has 0 radical (unpaired) electrons. The Balaban J connectivity index is 2.23. The van der Waals surface area contributed by atoms with Gasteiger partial charge in [0.05, 0.1) is 12.2 Å². The number of rotatable bonds is 4. The summed E-state index contributed by atoms with van der Waals surface area (Å²) in [6.45, 7) is 5.87. The van der Waals surface area contributed by atoms with E-state index in [1.165, 1.54) is 12.8 Å². The summed E-state index contributed by atoms with van der Waals surface area (Å²) in [4.78, 5) is 0. The summed E-state index contributed by atoms with van der Waals surface area (Å²) in [6, 6.07) is 0. The van der Waals surface area contributed by atoms with Gasteiger partial charge in [0, 0.05) is 0 Å². The number of aliphatic hydroxyl groups is 2. The van der Waals surface area contributed by atoms with Crippen LogP contribution >= 0.6 is 0 Å². The highest BCUT2D eigenvalue weighted by molar-refractivity contribution is 4.82. The van der Waals surface area contributed by atoms with Crippen molar-refractivity contribution in [1.29, 1.82) is 0 Å². The maximum absolute atomic E-state index is 9.74. The normalized spacial score (nSPS) is 22.8. The predicted octanol–water partition coefficient (Wildman–Crippen LogP) is 1.94. The summed E-state index contributed by atoms with van der Waals surface area (Å²) in [5, 5.41) is 19.4. The van der Waals surface area contributed by atoms with Crippen LogP contribution in [-0.2, 0) is 0 Å². The molecule has 0 aliphatic heterocycles. The van der Waals surface area contributed by atoms with Gasteiger partial charge in [-0.2, -0.15) is 0 Å². The maximum Gasteiger partial charge on any atom is 0.0847 e. The predicted molar refractivity (Wildman–Crippen MR) is 53.4 cm³/mol. The Morgan fingerprint density at radius 1 is 1.23 bits per heavy atom. The van der Waals surface area contributed by atoms with Crippen molar-refractivity contribution in [2.45, 2.75) is 58.7 Å². The Bertz CT molecular complexity index is 156.